The summed E-state index contributed by atoms with van der Waals surface area (Å²) < 4.78 is 16.9. The van der Waals surface area contributed by atoms with Crippen LogP contribution in [0.5, 0.6) is 0 Å². The number of esters is 3. The number of allylic oxidation sites excluding steroid dienone is 6. The van der Waals surface area contributed by atoms with E-state index in [9.17, 15) is 14.4 Å². The van der Waals surface area contributed by atoms with Gasteiger partial charge in [0.25, 0.3) is 0 Å². The molecule has 0 spiro atoms. The van der Waals surface area contributed by atoms with E-state index in [1.54, 1.807) is 0 Å². The first kappa shape index (κ1) is 67.6. The molecular formula is C64H118O6. The largest absolute Gasteiger partial charge is 0.462 e. The Kier molecular flexibility index (Phi) is 57.2. The van der Waals surface area contributed by atoms with E-state index in [4.69, 9.17) is 14.2 Å². The van der Waals surface area contributed by atoms with Gasteiger partial charge in [0.05, 0.1) is 0 Å². The standard InChI is InChI=1S/C64H118O6/c1-4-7-10-13-16-19-22-24-26-28-30-31-32-34-35-37-39-42-45-48-51-54-57-63(66)69-60-61(59-68-62(65)56-53-50-47-44-41-21-18-15-12-9-6-3)70-64(67)58-55-52-49-46-43-40-38-36-33-29-27-25-23-20-17-14-11-8-5-2/h17,20,25,27,33,36,61H,4-16,18-19,21-24,26,28-32,34-35,37-60H2,1-3H3/b20-17-,27-25-,36-33-. The minimum absolute atomic E-state index is 0.0725. The molecule has 0 rings (SSSR count). The second kappa shape index (κ2) is 59.2. The lowest BCUT2D eigenvalue weighted by Gasteiger charge is -2.18. The molecule has 0 aromatic heterocycles. The number of unbranched alkanes of at least 4 members (excludes halogenated alkanes) is 40. The third-order valence-electron chi connectivity index (χ3n) is 13.9. The lowest BCUT2D eigenvalue weighted by molar-refractivity contribution is -0.167. The highest BCUT2D eigenvalue weighted by Crippen LogP contribution is 2.17. The van der Waals surface area contributed by atoms with Gasteiger partial charge in [-0.1, -0.05) is 295 Å². The van der Waals surface area contributed by atoms with Gasteiger partial charge in [-0.05, 0) is 57.8 Å². The zero-order valence-electron chi connectivity index (χ0n) is 47.1. The normalized spacial score (nSPS) is 12.2. The number of hydrogen-bond acceptors (Lipinski definition) is 6. The average Bonchev–Trinajstić information content (AvgIpc) is 3.36. The van der Waals surface area contributed by atoms with Crippen LogP contribution in [0, 0.1) is 0 Å². The van der Waals surface area contributed by atoms with Gasteiger partial charge in [0.1, 0.15) is 13.2 Å². The molecule has 0 fully saturated rings. The van der Waals surface area contributed by atoms with E-state index >= 15 is 0 Å². The molecule has 0 amide bonds. The quantitative estimate of drug-likeness (QED) is 0.0261. The molecule has 0 radical (unpaired) electrons. The van der Waals surface area contributed by atoms with Crippen LogP contribution in [0.4, 0.5) is 0 Å². The Morgan fingerprint density at radius 2 is 0.514 bits per heavy atom. The van der Waals surface area contributed by atoms with Crippen LogP contribution in [0.3, 0.4) is 0 Å². The Morgan fingerprint density at radius 3 is 0.829 bits per heavy atom. The summed E-state index contributed by atoms with van der Waals surface area (Å²) in [5.74, 6) is -0.864. The fourth-order valence-corrected chi connectivity index (χ4v) is 9.22. The zero-order valence-corrected chi connectivity index (χ0v) is 47.1. The second-order valence-electron chi connectivity index (χ2n) is 21.0. The SMILES string of the molecule is CCCCC/C=C\C/C=C\C/C=C\CCCCCCCCC(=O)OC(COC(=O)CCCCCCCCCCCCC)COC(=O)CCCCCCCCCCCCCCCCCCCCCCCC. The van der Waals surface area contributed by atoms with Gasteiger partial charge in [-0.2, -0.15) is 0 Å². The highest BCUT2D eigenvalue weighted by atomic mass is 16.6. The minimum atomic E-state index is -0.775. The lowest BCUT2D eigenvalue weighted by Crippen LogP contribution is -2.30. The van der Waals surface area contributed by atoms with Gasteiger partial charge in [-0.25, -0.2) is 0 Å². The van der Waals surface area contributed by atoms with Crippen molar-refractivity contribution in [2.45, 2.75) is 341 Å². The van der Waals surface area contributed by atoms with E-state index < -0.39 is 6.10 Å². The number of carbonyl (C=O) groups is 3. The maximum atomic E-state index is 12.9. The molecule has 0 saturated heterocycles. The molecule has 0 aromatic rings. The first-order valence-electron chi connectivity index (χ1n) is 31.0. The Labute approximate surface area is 435 Å². The summed E-state index contributed by atoms with van der Waals surface area (Å²) in [6.45, 7) is 6.65. The van der Waals surface area contributed by atoms with E-state index in [0.717, 1.165) is 77.0 Å². The molecule has 0 aliphatic heterocycles. The summed E-state index contributed by atoms with van der Waals surface area (Å²) in [6, 6.07) is 0. The summed E-state index contributed by atoms with van der Waals surface area (Å²) in [4.78, 5) is 38.2. The molecule has 70 heavy (non-hydrogen) atoms. The Balaban J connectivity index is 4.26. The monoisotopic (exact) mass is 983 g/mol. The number of hydrogen-bond donors (Lipinski definition) is 0. The van der Waals surface area contributed by atoms with Crippen LogP contribution in [0.25, 0.3) is 0 Å². The van der Waals surface area contributed by atoms with Crippen molar-refractivity contribution in [1.82, 2.24) is 0 Å². The Hall–Kier alpha value is -2.37. The van der Waals surface area contributed by atoms with Crippen molar-refractivity contribution in [3.8, 4) is 0 Å². The molecule has 1 unspecified atom stereocenters. The summed E-state index contributed by atoms with van der Waals surface area (Å²) in [5, 5.41) is 0. The van der Waals surface area contributed by atoms with Crippen molar-refractivity contribution in [3.05, 3.63) is 36.5 Å². The lowest BCUT2D eigenvalue weighted by atomic mass is 10.0. The summed E-state index contributed by atoms with van der Waals surface area (Å²) in [6.07, 6.45) is 71.5. The van der Waals surface area contributed by atoms with Crippen molar-refractivity contribution in [2.75, 3.05) is 13.2 Å². The fraction of sp³-hybridized carbons (Fsp3) is 0.859. The number of carbonyl (C=O) groups excluding carboxylic acids is 3. The Bertz CT molecular complexity index is 1170. The third kappa shape index (κ3) is 56.5. The van der Waals surface area contributed by atoms with Crippen LogP contribution in [0.15, 0.2) is 36.5 Å². The predicted octanol–water partition coefficient (Wildman–Crippen LogP) is 20.8. The van der Waals surface area contributed by atoms with Gasteiger partial charge in [0.2, 0.25) is 0 Å². The Morgan fingerprint density at radius 1 is 0.286 bits per heavy atom. The summed E-state index contributed by atoms with van der Waals surface area (Å²) >= 11 is 0. The zero-order chi connectivity index (χ0) is 50.7. The van der Waals surface area contributed by atoms with E-state index in [2.05, 4.69) is 57.2 Å². The van der Waals surface area contributed by atoms with Gasteiger partial charge >= 0.3 is 17.9 Å². The molecule has 0 aromatic carbocycles. The minimum Gasteiger partial charge on any atom is -0.462 e. The molecule has 410 valence electrons. The van der Waals surface area contributed by atoms with Gasteiger partial charge < -0.3 is 14.2 Å². The van der Waals surface area contributed by atoms with Gasteiger partial charge in [-0.15, -0.1) is 0 Å². The van der Waals surface area contributed by atoms with Crippen LogP contribution in [0.1, 0.15) is 335 Å². The molecule has 6 nitrogen and oxygen atoms in total. The fourth-order valence-electron chi connectivity index (χ4n) is 9.22. The van der Waals surface area contributed by atoms with Crippen LogP contribution in [0.2, 0.25) is 0 Å². The molecule has 0 aliphatic rings. The topological polar surface area (TPSA) is 78.9 Å². The third-order valence-corrected chi connectivity index (χ3v) is 13.9. The average molecular weight is 984 g/mol. The van der Waals surface area contributed by atoms with E-state index in [1.165, 1.54) is 218 Å². The molecule has 0 bridgehead atoms. The van der Waals surface area contributed by atoms with Gasteiger partial charge in [0, 0.05) is 19.3 Å². The van der Waals surface area contributed by atoms with Crippen LogP contribution in [-0.2, 0) is 28.6 Å². The van der Waals surface area contributed by atoms with Crippen LogP contribution in [-0.4, -0.2) is 37.2 Å². The summed E-state index contributed by atoms with van der Waals surface area (Å²) in [7, 11) is 0. The van der Waals surface area contributed by atoms with Crippen molar-refractivity contribution in [2.24, 2.45) is 0 Å². The molecule has 0 aliphatic carbocycles. The van der Waals surface area contributed by atoms with Crippen LogP contribution < -0.4 is 0 Å². The maximum absolute atomic E-state index is 12.9. The van der Waals surface area contributed by atoms with E-state index in [1.807, 2.05) is 0 Å². The first-order chi connectivity index (χ1) is 34.5. The van der Waals surface area contributed by atoms with E-state index in [-0.39, 0.29) is 31.1 Å². The maximum Gasteiger partial charge on any atom is 0.306 e. The molecule has 1 atom stereocenters. The van der Waals surface area contributed by atoms with Crippen molar-refractivity contribution in [3.63, 3.8) is 0 Å². The second-order valence-corrected chi connectivity index (χ2v) is 21.0. The van der Waals surface area contributed by atoms with Crippen molar-refractivity contribution in [1.29, 1.82) is 0 Å². The molecular weight excluding hydrogens is 865 g/mol. The molecule has 0 N–H and O–H groups in total. The highest BCUT2D eigenvalue weighted by molar-refractivity contribution is 5.71. The first-order valence-corrected chi connectivity index (χ1v) is 31.0. The van der Waals surface area contributed by atoms with Crippen molar-refractivity contribution < 1.29 is 28.6 Å². The number of rotatable bonds is 57. The van der Waals surface area contributed by atoms with Gasteiger partial charge in [0.15, 0.2) is 6.10 Å². The van der Waals surface area contributed by atoms with Crippen LogP contribution >= 0.6 is 0 Å². The molecule has 0 saturated carbocycles. The molecule has 0 heterocycles. The number of ether oxygens (including phenoxy) is 3. The highest BCUT2D eigenvalue weighted by Gasteiger charge is 2.19. The predicted molar refractivity (Wildman–Crippen MR) is 302 cm³/mol. The summed E-state index contributed by atoms with van der Waals surface area (Å²) in [5.41, 5.74) is 0. The van der Waals surface area contributed by atoms with Gasteiger partial charge in [-0.3, -0.25) is 14.4 Å². The van der Waals surface area contributed by atoms with E-state index in [0.29, 0.717) is 19.3 Å². The van der Waals surface area contributed by atoms with Crippen molar-refractivity contribution >= 4 is 17.9 Å². The smallest absolute Gasteiger partial charge is 0.306 e. The molecule has 6 heteroatoms.